The average Bonchev–Trinajstić information content (AvgIpc) is 2.87. The zero-order chi connectivity index (χ0) is 18.1. The maximum atomic E-state index is 13.7. The summed E-state index contributed by atoms with van der Waals surface area (Å²) in [5.41, 5.74) is 6.81. The van der Waals surface area contributed by atoms with E-state index in [2.05, 4.69) is 15.4 Å². The fourth-order valence-electron chi connectivity index (χ4n) is 2.29. The van der Waals surface area contributed by atoms with Crippen LogP contribution in [0.1, 0.15) is 16.1 Å². The fraction of sp³-hybridized carbons (Fsp3) is 0.0625. The largest absolute Gasteiger partial charge is 0.383 e. The van der Waals surface area contributed by atoms with Crippen LogP contribution >= 0.6 is 23.2 Å². The SMILES string of the molecule is Cc1nn(-c2cccc(F)c2Cl)c(N)c1C(=O)Nc1ccc(Cl)cn1. The standard InChI is InChI=1S/C16H12Cl2FN5O/c1-8-13(16(25)22-12-6-5-9(17)7-21-12)15(20)24(23-8)11-4-2-3-10(19)14(11)18/h2-7H,20H2,1H3,(H,21,22,25). The molecule has 2 aromatic heterocycles. The molecular weight excluding hydrogens is 368 g/mol. The Hall–Kier alpha value is -2.64. The summed E-state index contributed by atoms with van der Waals surface area (Å²) in [5.74, 6) is -0.757. The van der Waals surface area contributed by atoms with E-state index in [0.717, 1.165) is 0 Å². The Morgan fingerprint density at radius 3 is 2.72 bits per heavy atom. The molecule has 0 aliphatic carbocycles. The first-order valence-corrected chi connectivity index (χ1v) is 7.86. The molecule has 3 rings (SSSR count). The molecule has 0 aliphatic rings. The lowest BCUT2D eigenvalue weighted by Crippen LogP contribution is -2.15. The Labute approximate surface area is 152 Å². The van der Waals surface area contributed by atoms with Crippen LogP contribution in [0.3, 0.4) is 0 Å². The summed E-state index contributed by atoms with van der Waals surface area (Å²) in [6, 6.07) is 7.40. The minimum Gasteiger partial charge on any atom is -0.383 e. The molecule has 0 bridgehead atoms. The van der Waals surface area contributed by atoms with Crippen LogP contribution < -0.4 is 11.1 Å². The number of nitrogens with two attached hydrogens (primary N) is 1. The van der Waals surface area contributed by atoms with Crippen molar-refractivity contribution in [3.05, 3.63) is 63.6 Å². The molecule has 3 N–H and O–H groups in total. The molecule has 0 fully saturated rings. The lowest BCUT2D eigenvalue weighted by atomic mass is 10.2. The molecule has 0 atom stereocenters. The summed E-state index contributed by atoms with van der Waals surface area (Å²) in [5, 5.41) is 7.12. The molecule has 3 aromatic rings. The van der Waals surface area contributed by atoms with E-state index in [1.54, 1.807) is 25.1 Å². The number of rotatable bonds is 3. The van der Waals surface area contributed by atoms with Crippen molar-refractivity contribution in [1.29, 1.82) is 0 Å². The molecule has 0 saturated carbocycles. The average molecular weight is 380 g/mol. The van der Waals surface area contributed by atoms with E-state index in [1.807, 2.05) is 0 Å². The number of halogens is 3. The van der Waals surface area contributed by atoms with Crippen molar-refractivity contribution < 1.29 is 9.18 Å². The van der Waals surface area contributed by atoms with Crippen LogP contribution in [0.4, 0.5) is 16.0 Å². The van der Waals surface area contributed by atoms with Gasteiger partial charge in [-0.2, -0.15) is 5.10 Å². The van der Waals surface area contributed by atoms with Crippen LogP contribution in [0, 0.1) is 12.7 Å². The Bertz CT molecular complexity index is 956. The summed E-state index contributed by atoms with van der Waals surface area (Å²) in [6.45, 7) is 1.62. The highest BCUT2D eigenvalue weighted by Gasteiger charge is 2.22. The predicted molar refractivity (Wildman–Crippen MR) is 94.9 cm³/mol. The third-order valence-corrected chi connectivity index (χ3v) is 4.05. The number of nitrogens with one attached hydrogen (secondary N) is 1. The Balaban J connectivity index is 1.98. The van der Waals surface area contributed by atoms with Gasteiger partial charge in [-0.25, -0.2) is 14.1 Å². The number of amides is 1. The number of aromatic nitrogens is 3. The van der Waals surface area contributed by atoms with Gasteiger partial charge in [-0.3, -0.25) is 4.79 Å². The van der Waals surface area contributed by atoms with Crippen LogP contribution in [0.2, 0.25) is 10.0 Å². The Morgan fingerprint density at radius 2 is 2.04 bits per heavy atom. The highest BCUT2D eigenvalue weighted by molar-refractivity contribution is 6.32. The third-order valence-electron chi connectivity index (χ3n) is 3.45. The van der Waals surface area contributed by atoms with Crippen molar-refractivity contribution in [2.75, 3.05) is 11.1 Å². The second-order valence-corrected chi connectivity index (χ2v) is 5.96. The van der Waals surface area contributed by atoms with Gasteiger partial charge in [0, 0.05) is 6.20 Å². The molecule has 9 heteroatoms. The van der Waals surface area contributed by atoms with Crippen molar-refractivity contribution >= 4 is 40.7 Å². The van der Waals surface area contributed by atoms with E-state index in [0.29, 0.717) is 16.5 Å². The van der Waals surface area contributed by atoms with Crippen LogP contribution in [0.25, 0.3) is 5.69 Å². The van der Waals surface area contributed by atoms with Crippen molar-refractivity contribution in [2.24, 2.45) is 0 Å². The normalized spacial score (nSPS) is 10.7. The van der Waals surface area contributed by atoms with E-state index >= 15 is 0 Å². The van der Waals surface area contributed by atoms with Gasteiger partial charge >= 0.3 is 0 Å². The quantitative estimate of drug-likeness (QED) is 0.723. The second kappa shape index (κ2) is 6.70. The molecular formula is C16H12Cl2FN5O. The van der Waals surface area contributed by atoms with Crippen molar-refractivity contribution in [1.82, 2.24) is 14.8 Å². The first kappa shape index (κ1) is 17.2. The Morgan fingerprint density at radius 1 is 1.28 bits per heavy atom. The first-order chi connectivity index (χ1) is 11.9. The number of aryl methyl sites for hydroxylation is 1. The number of nitrogens with zero attached hydrogens (tertiary/aromatic N) is 3. The van der Waals surface area contributed by atoms with E-state index in [-0.39, 0.29) is 22.1 Å². The van der Waals surface area contributed by atoms with Gasteiger partial charge in [0.15, 0.2) is 0 Å². The number of hydrogen-bond acceptors (Lipinski definition) is 4. The highest BCUT2D eigenvalue weighted by Crippen LogP contribution is 2.28. The summed E-state index contributed by atoms with van der Waals surface area (Å²) >= 11 is 11.7. The number of nitrogen functional groups attached to an aromatic ring is 1. The predicted octanol–water partition coefficient (Wildman–Crippen LogP) is 3.86. The van der Waals surface area contributed by atoms with Gasteiger partial charge in [0.2, 0.25) is 0 Å². The van der Waals surface area contributed by atoms with Crippen molar-refractivity contribution in [2.45, 2.75) is 6.92 Å². The number of carbonyl (C=O) groups excluding carboxylic acids is 1. The van der Waals surface area contributed by atoms with Gasteiger partial charge in [0.05, 0.1) is 16.4 Å². The molecule has 1 amide bonds. The molecule has 1 aromatic carbocycles. The minimum atomic E-state index is -0.608. The van der Waals surface area contributed by atoms with Crippen LogP contribution in [-0.4, -0.2) is 20.7 Å². The molecule has 2 heterocycles. The lowest BCUT2D eigenvalue weighted by Gasteiger charge is -2.08. The van der Waals surface area contributed by atoms with Crippen LogP contribution in [0.5, 0.6) is 0 Å². The van der Waals surface area contributed by atoms with Gasteiger partial charge in [-0.1, -0.05) is 29.3 Å². The smallest absolute Gasteiger partial charge is 0.262 e. The number of pyridine rings is 1. The van der Waals surface area contributed by atoms with Gasteiger partial charge in [0.25, 0.3) is 5.91 Å². The van der Waals surface area contributed by atoms with Crippen LogP contribution in [-0.2, 0) is 0 Å². The van der Waals surface area contributed by atoms with Gasteiger partial charge < -0.3 is 11.1 Å². The van der Waals surface area contributed by atoms with E-state index in [4.69, 9.17) is 28.9 Å². The van der Waals surface area contributed by atoms with Gasteiger partial charge in [0.1, 0.15) is 28.0 Å². The summed E-state index contributed by atoms with van der Waals surface area (Å²) in [7, 11) is 0. The zero-order valence-electron chi connectivity index (χ0n) is 12.9. The highest BCUT2D eigenvalue weighted by atomic mass is 35.5. The summed E-state index contributed by atoms with van der Waals surface area (Å²) in [6.07, 6.45) is 1.41. The van der Waals surface area contributed by atoms with Crippen molar-refractivity contribution in [3.63, 3.8) is 0 Å². The maximum absolute atomic E-state index is 13.7. The lowest BCUT2D eigenvalue weighted by molar-refractivity contribution is 0.102. The van der Waals surface area contributed by atoms with Crippen molar-refractivity contribution in [3.8, 4) is 5.69 Å². The number of benzene rings is 1. The molecule has 0 aliphatic heterocycles. The van der Waals surface area contributed by atoms with E-state index in [1.165, 1.54) is 23.0 Å². The zero-order valence-corrected chi connectivity index (χ0v) is 14.4. The number of carbonyl (C=O) groups is 1. The number of hydrogen-bond donors (Lipinski definition) is 2. The Kier molecular flexibility index (Phi) is 4.61. The summed E-state index contributed by atoms with van der Waals surface area (Å²) < 4.78 is 14.9. The third kappa shape index (κ3) is 3.29. The monoisotopic (exact) mass is 379 g/mol. The first-order valence-electron chi connectivity index (χ1n) is 7.11. The van der Waals surface area contributed by atoms with Crippen LogP contribution in [0.15, 0.2) is 36.5 Å². The molecule has 0 spiro atoms. The molecule has 25 heavy (non-hydrogen) atoms. The minimum absolute atomic E-state index is 0.0384. The van der Waals surface area contributed by atoms with E-state index in [9.17, 15) is 9.18 Å². The maximum Gasteiger partial charge on any atom is 0.262 e. The molecule has 0 radical (unpaired) electrons. The molecule has 6 nitrogen and oxygen atoms in total. The summed E-state index contributed by atoms with van der Waals surface area (Å²) in [4.78, 5) is 16.5. The van der Waals surface area contributed by atoms with Gasteiger partial charge in [-0.15, -0.1) is 0 Å². The van der Waals surface area contributed by atoms with E-state index < -0.39 is 11.7 Å². The molecule has 128 valence electrons. The topological polar surface area (TPSA) is 85.8 Å². The number of anilines is 2. The van der Waals surface area contributed by atoms with Gasteiger partial charge in [-0.05, 0) is 31.2 Å². The second-order valence-electron chi connectivity index (χ2n) is 5.15. The molecule has 0 unspecified atom stereocenters. The fourth-order valence-corrected chi connectivity index (χ4v) is 2.61. The molecule has 0 saturated heterocycles.